The molecular formula is C19H15ClN3O4-. The average molecular weight is 385 g/mol. The van der Waals surface area contributed by atoms with Crippen molar-refractivity contribution < 1.29 is 19.5 Å². The van der Waals surface area contributed by atoms with Gasteiger partial charge in [-0.2, -0.15) is 0 Å². The molecule has 138 valence electrons. The van der Waals surface area contributed by atoms with Gasteiger partial charge in [0.25, 0.3) is 0 Å². The van der Waals surface area contributed by atoms with Crippen molar-refractivity contribution in [1.82, 2.24) is 10.6 Å². The van der Waals surface area contributed by atoms with Gasteiger partial charge in [0.1, 0.15) is 5.92 Å². The van der Waals surface area contributed by atoms with E-state index >= 15 is 0 Å². The van der Waals surface area contributed by atoms with E-state index in [4.69, 9.17) is 11.6 Å². The zero-order valence-electron chi connectivity index (χ0n) is 14.0. The Labute approximate surface area is 160 Å². The number of anilines is 1. The molecule has 2 aromatic carbocycles. The van der Waals surface area contributed by atoms with Gasteiger partial charge in [0.05, 0.1) is 22.7 Å². The summed E-state index contributed by atoms with van der Waals surface area (Å²) in [6, 6.07) is 11.3. The Hall–Kier alpha value is -3.32. The summed E-state index contributed by atoms with van der Waals surface area (Å²) in [5, 5.41) is 19.2. The highest BCUT2D eigenvalue weighted by atomic mass is 35.5. The molecule has 1 aliphatic rings. The standard InChI is InChI=1S/C19H16ClN3O4/c1-10-15(17(24)22-14-5-3-2-4-13(14)20)16(23-19(27)21-10)11-6-8-12(9-7-11)18(25)26/h2-9,15-16H,1H2,(H,22,24)(H,25,26)(H2,21,23,27)/p-1/t15-,16+/m1/s1. The van der Waals surface area contributed by atoms with Gasteiger partial charge in [-0.1, -0.05) is 54.6 Å². The Balaban J connectivity index is 1.90. The molecule has 0 spiro atoms. The number of aromatic carboxylic acids is 1. The summed E-state index contributed by atoms with van der Waals surface area (Å²) in [6.07, 6.45) is 0. The maximum Gasteiger partial charge on any atom is 0.319 e. The smallest absolute Gasteiger partial charge is 0.319 e. The first kappa shape index (κ1) is 18.5. The summed E-state index contributed by atoms with van der Waals surface area (Å²) in [6.45, 7) is 3.78. The number of urea groups is 1. The third kappa shape index (κ3) is 3.93. The molecule has 0 aliphatic carbocycles. The summed E-state index contributed by atoms with van der Waals surface area (Å²) >= 11 is 6.08. The molecule has 1 saturated heterocycles. The molecule has 3 rings (SSSR count). The van der Waals surface area contributed by atoms with Gasteiger partial charge in [-0.15, -0.1) is 0 Å². The number of nitrogens with one attached hydrogen (secondary N) is 3. The molecule has 2 atom stereocenters. The largest absolute Gasteiger partial charge is 0.545 e. The summed E-state index contributed by atoms with van der Waals surface area (Å²) in [5.41, 5.74) is 1.20. The van der Waals surface area contributed by atoms with Crippen molar-refractivity contribution in [2.24, 2.45) is 5.92 Å². The molecule has 0 radical (unpaired) electrons. The Morgan fingerprint density at radius 2 is 1.78 bits per heavy atom. The van der Waals surface area contributed by atoms with Crippen molar-refractivity contribution in [3.8, 4) is 0 Å². The van der Waals surface area contributed by atoms with Crippen molar-refractivity contribution in [3.63, 3.8) is 0 Å². The number of carboxylic acid groups (broad SMARTS) is 1. The Morgan fingerprint density at radius 3 is 2.41 bits per heavy atom. The van der Waals surface area contributed by atoms with E-state index in [-0.39, 0.29) is 11.3 Å². The second-order valence-corrected chi connectivity index (χ2v) is 6.36. The van der Waals surface area contributed by atoms with Crippen LogP contribution in [0.25, 0.3) is 0 Å². The molecule has 0 saturated carbocycles. The van der Waals surface area contributed by atoms with E-state index in [1.54, 1.807) is 24.3 Å². The molecule has 8 heteroatoms. The van der Waals surface area contributed by atoms with Gasteiger partial charge in [-0.05, 0) is 23.3 Å². The zero-order valence-corrected chi connectivity index (χ0v) is 14.7. The monoisotopic (exact) mass is 384 g/mol. The lowest BCUT2D eigenvalue weighted by atomic mass is 9.88. The fourth-order valence-electron chi connectivity index (χ4n) is 2.87. The minimum atomic E-state index is -1.31. The van der Waals surface area contributed by atoms with E-state index in [1.807, 2.05) is 0 Å². The summed E-state index contributed by atoms with van der Waals surface area (Å²) < 4.78 is 0. The predicted molar refractivity (Wildman–Crippen MR) is 97.9 cm³/mol. The summed E-state index contributed by atoms with van der Waals surface area (Å²) in [5.74, 6) is -2.57. The molecule has 7 nitrogen and oxygen atoms in total. The lowest BCUT2D eigenvalue weighted by Crippen LogP contribution is -2.51. The number of amides is 3. The normalized spacial score (nSPS) is 19.0. The van der Waals surface area contributed by atoms with Crippen LogP contribution in [0.3, 0.4) is 0 Å². The van der Waals surface area contributed by atoms with Crippen molar-refractivity contribution in [1.29, 1.82) is 0 Å². The van der Waals surface area contributed by atoms with Crippen molar-refractivity contribution in [3.05, 3.63) is 77.0 Å². The van der Waals surface area contributed by atoms with Crippen LogP contribution in [0, 0.1) is 5.92 Å². The second kappa shape index (κ2) is 7.51. The Bertz CT molecular complexity index is 927. The van der Waals surface area contributed by atoms with Crippen LogP contribution in [-0.4, -0.2) is 17.9 Å². The molecule has 3 N–H and O–H groups in total. The quantitative estimate of drug-likeness (QED) is 0.746. The van der Waals surface area contributed by atoms with E-state index in [0.717, 1.165) is 0 Å². The Morgan fingerprint density at radius 1 is 1.11 bits per heavy atom. The maximum absolute atomic E-state index is 12.9. The Kier molecular flexibility index (Phi) is 5.14. The van der Waals surface area contributed by atoms with Crippen molar-refractivity contribution >= 4 is 35.2 Å². The predicted octanol–water partition coefficient (Wildman–Crippen LogP) is 1.83. The highest BCUT2D eigenvalue weighted by Gasteiger charge is 2.37. The van der Waals surface area contributed by atoms with Gasteiger partial charge in [-0.25, -0.2) is 4.79 Å². The highest BCUT2D eigenvalue weighted by molar-refractivity contribution is 6.33. The number of para-hydroxylation sites is 1. The number of carbonyl (C=O) groups excluding carboxylic acids is 3. The van der Waals surface area contributed by atoms with Crippen LogP contribution in [0.4, 0.5) is 10.5 Å². The lowest BCUT2D eigenvalue weighted by Gasteiger charge is -2.34. The van der Waals surface area contributed by atoms with E-state index in [0.29, 0.717) is 16.3 Å². The molecule has 2 aromatic rings. The first-order valence-corrected chi connectivity index (χ1v) is 8.37. The van der Waals surface area contributed by atoms with Crippen LogP contribution in [0.15, 0.2) is 60.8 Å². The third-order valence-corrected chi connectivity index (χ3v) is 4.52. The van der Waals surface area contributed by atoms with Crippen LogP contribution in [0.2, 0.25) is 5.02 Å². The second-order valence-electron chi connectivity index (χ2n) is 5.96. The highest BCUT2D eigenvalue weighted by Crippen LogP contribution is 2.31. The minimum absolute atomic E-state index is 0.00472. The van der Waals surface area contributed by atoms with Crippen molar-refractivity contribution in [2.45, 2.75) is 6.04 Å². The topological polar surface area (TPSA) is 110 Å². The van der Waals surface area contributed by atoms with E-state index < -0.39 is 29.9 Å². The van der Waals surface area contributed by atoms with Gasteiger partial charge < -0.3 is 25.9 Å². The lowest BCUT2D eigenvalue weighted by molar-refractivity contribution is -0.255. The van der Waals surface area contributed by atoms with Gasteiger partial charge in [0, 0.05) is 5.70 Å². The van der Waals surface area contributed by atoms with Gasteiger partial charge in [0.15, 0.2) is 0 Å². The van der Waals surface area contributed by atoms with Crippen LogP contribution in [-0.2, 0) is 4.79 Å². The maximum atomic E-state index is 12.9. The molecule has 0 bridgehead atoms. The number of halogens is 1. The number of carbonyl (C=O) groups is 3. The molecule has 0 aromatic heterocycles. The minimum Gasteiger partial charge on any atom is -0.545 e. The molecule has 27 heavy (non-hydrogen) atoms. The van der Waals surface area contributed by atoms with E-state index in [1.165, 1.54) is 24.3 Å². The molecule has 1 aliphatic heterocycles. The number of carboxylic acids is 1. The van der Waals surface area contributed by atoms with E-state index in [9.17, 15) is 19.5 Å². The van der Waals surface area contributed by atoms with Crippen LogP contribution >= 0.6 is 11.6 Å². The molecule has 3 amide bonds. The fraction of sp³-hybridized carbons (Fsp3) is 0.105. The zero-order chi connectivity index (χ0) is 19.6. The van der Waals surface area contributed by atoms with Gasteiger partial charge in [-0.3, -0.25) is 4.79 Å². The van der Waals surface area contributed by atoms with Crippen molar-refractivity contribution in [2.75, 3.05) is 5.32 Å². The SMILES string of the molecule is C=C1NC(=O)N[C@@H](c2ccc(C(=O)[O-])cc2)[C@@H]1C(=O)Nc1ccccc1Cl. The number of benzene rings is 2. The van der Waals surface area contributed by atoms with Crippen LogP contribution in [0.5, 0.6) is 0 Å². The number of hydrogen-bond acceptors (Lipinski definition) is 4. The molecule has 1 heterocycles. The fourth-order valence-corrected chi connectivity index (χ4v) is 3.05. The van der Waals surface area contributed by atoms with Gasteiger partial charge in [0.2, 0.25) is 5.91 Å². The first-order valence-electron chi connectivity index (χ1n) is 8.00. The molecule has 1 fully saturated rings. The van der Waals surface area contributed by atoms with Crippen LogP contribution < -0.4 is 21.1 Å². The molecule has 0 unspecified atom stereocenters. The van der Waals surface area contributed by atoms with Crippen LogP contribution in [0.1, 0.15) is 22.0 Å². The number of rotatable bonds is 4. The summed E-state index contributed by atoms with van der Waals surface area (Å²) in [4.78, 5) is 35.7. The number of hydrogen-bond donors (Lipinski definition) is 3. The van der Waals surface area contributed by atoms with Gasteiger partial charge >= 0.3 is 6.03 Å². The first-order chi connectivity index (χ1) is 12.9. The average Bonchev–Trinajstić information content (AvgIpc) is 2.63. The summed E-state index contributed by atoms with van der Waals surface area (Å²) in [7, 11) is 0. The van der Waals surface area contributed by atoms with E-state index in [2.05, 4.69) is 22.5 Å². The molecular weight excluding hydrogens is 370 g/mol. The third-order valence-electron chi connectivity index (χ3n) is 4.19.